The molecule has 1 saturated heterocycles. The van der Waals surface area contributed by atoms with E-state index in [1.54, 1.807) is 4.90 Å². The standard InChI is InChI=1S/C15H21N3O4/c19-14(9-21-8-11-3-1-2-6-22-11)18-5-4-12-13(7-18)16-10-17-15(12)20/h10-11H,1-9H2,(H,16,17,20). The van der Waals surface area contributed by atoms with E-state index in [-0.39, 0.29) is 24.2 Å². The molecular weight excluding hydrogens is 286 g/mol. The molecule has 2 aliphatic rings. The van der Waals surface area contributed by atoms with E-state index in [0.29, 0.717) is 37.4 Å². The Balaban J connectivity index is 1.48. The van der Waals surface area contributed by atoms with Crippen molar-refractivity contribution in [1.82, 2.24) is 14.9 Å². The van der Waals surface area contributed by atoms with Crippen molar-refractivity contribution in [2.75, 3.05) is 26.4 Å². The summed E-state index contributed by atoms with van der Waals surface area (Å²) < 4.78 is 11.1. The average molecular weight is 307 g/mol. The number of hydrogen-bond acceptors (Lipinski definition) is 5. The Kier molecular flexibility index (Phi) is 4.84. The van der Waals surface area contributed by atoms with E-state index < -0.39 is 0 Å². The molecule has 7 nitrogen and oxygen atoms in total. The van der Waals surface area contributed by atoms with Crippen LogP contribution in [0.25, 0.3) is 0 Å². The highest BCUT2D eigenvalue weighted by molar-refractivity contribution is 5.77. The summed E-state index contributed by atoms with van der Waals surface area (Å²) in [4.78, 5) is 32.2. The molecule has 1 unspecified atom stereocenters. The first-order valence-corrected chi connectivity index (χ1v) is 7.76. The Morgan fingerprint density at radius 3 is 3.23 bits per heavy atom. The molecule has 0 radical (unpaired) electrons. The highest BCUT2D eigenvalue weighted by atomic mass is 16.5. The molecule has 7 heteroatoms. The monoisotopic (exact) mass is 307 g/mol. The van der Waals surface area contributed by atoms with Gasteiger partial charge in [-0.25, -0.2) is 4.98 Å². The molecule has 1 aromatic heterocycles. The number of carbonyl (C=O) groups is 1. The number of rotatable bonds is 4. The third-order valence-electron chi connectivity index (χ3n) is 4.17. The highest BCUT2D eigenvalue weighted by Crippen LogP contribution is 2.14. The summed E-state index contributed by atoms with van der Waals surface area (Å²) in [6.45, 7) is 2.21. The fourth-order valence-electron chi connectivity index (χ4n) is 2.89. The summed E-state index contributed by atoms with van der Waals surface area (Å²) in [5.74, 6) is -0.0662. The minimum Gasteiger partial charge on any atom is -0.376 e. The number of amides is 1. The Labute approximate surface area is 128 Å². The molecule has 0 spiro atoms. The number of ether oxygens (including phenoxy) is 2. The van der Waals surface area contributed by atoms with E-state index in [1.165, 1.54) is 6.33 Å². The fraction of sp³-hybridized carbons (Fsp3) is 0.667. The zero-order valence-corrected chi connectivity index (χ0v) is 12.5. The Bertz CT molecular complexity index is 580. The van der Waals surface area contributed by atoms with E-state index in [0.717, 1.165) is 25.9 Å². The topological polar surface area (TPSA) is 84.5 Å². The lowest BCUT2D eigenvalue weighted by Gasteiger charge is -2.28. The zero-order valence-electron chi connectivity index (χ0n) is 12.5. The van der Waals surface area contributed by atoms with Gasteiger partial charge in [-0.05, 0) is 25.7 Å². The first-order valence-electron chi connectivity index (χ1n) is 7.76. The number of nitrogens with one attached hydrogen (secondary N) is 1. The van der Waals surface area contributed by atoms with Crippen molar-refractivity contribution >= 4 is 5.91 Å². The Morgan fingerprint density at radius 2 is 2.41 bits per heavy atom. The van der Waals surface area contributed by atoms with Gasteiger partial charge in [-0.3, -0.25) is 9.59 Å². The molecule has 3 rings (SSSR count). The van der Waals surface area contributed by atoms with Crippen LogP contribution in [0.1, 0.15) is 30.5 Å². The lowest BCUT2D eigenvalue weighted by Crippen LogP contribution is -2.41. The minimum absolute atomic E-state index is 0.0540. The number of hydrogen-bond donors (Lipinski definition) is 1. The lowest BCUT2D eigenvalue weighted by molar-refractivity contribution is -0.139. The van der Waals surface area contributed by atoms with Gasteiger partial charge in [0.2, 0.25) is 5.91 Å². The first-order chi connectivity index (χ1) is 10.7. The largest absolute Gasteiger partial charge is 0.376 e. The molecule has 0 aromatic carbocycles. The van der Waals surface area contributed by atoms with Crippen molar-refractivity contribution < 1.29 is 14.3 Å². The van der Waals surface area contributed by atoms with E-state index in [2.05, 4.69) is 9.97 Å². The molecule has 3 heterocycles. The van der Waals surface area contributed by atoms with Crippen LogP contribution in [0.3, 0.4) is 0 Å². The predicted molar refractivity (Wildman–Crippen MR) is 78.4 cm³/mol. The van der Waals surface area contributed by atoms with Crippen LogP contribution in [0.5, 0.6) is 0 Å². The third-order valence-corrected chi connectivity index (χ3v) is 4.17. The van der Waals surface area contributed by atoms with Gasteiger partial charge in [0.15, 0.2) is 0 Å². The summed E-state index contributed by atoms with van der Waals surface area (Å²) in [6.07, 6.45) is 5.30. The second-order valence-electron chi connectivity index (χ2n) is 5.73. The van der Waals surface area contributed by atoms with Crippen molar-refractivity contribution in [3.05, 3.63) is 27.9 Å². The van der Waals surface area contributed by atoms with Gasteiger partial charge in [-0.1, -0.05) is 0 Å². The molecule has 0 saturated carbocycles. The smallest absolute Gasteiger partial charge is 0.254 e. The van der Waals surface area contributed by atoms with Crippen LogP contribution in [-0.2, 0) is 27.2 Å². The van der Waals surface area contributed by atoms with Gasteiger partial charge in [0.1, 0.15) is 6.61 Å². The number of aromatic amines is 1. The third kappa shape index (κ3) is 3.53. The van der Waals surface area contributed by atoms with Crippen LogP contribution >= 0.6 is 0 Å². The minimum atomic E-state index is -0.109. The molecule has 1 aromatic rings. The van der Waals surface area contributed by atoms with E-state index in [4.69, 9.17) is 9.47 Å². The molecule has 1 amide bonds. The van der Waals surface area contributed by atoms with Gasteiger partial charge in [0, 0.05) is 18.7 Å². The second kappa shape index (κ2) is 7.02. The van der Waals surface area contributed by atoms with E-state index in [9.17, 15) is 9.59 Å². The molecule has 1 N–H and O–H groups in total. The van der Waals surface area contributed by atoms with Crippen molar-refractivity contribution in [3.8, 4) is 0 Å². The van der Waals surface area contributed by atoms with Crippen LogP contribution in [0.4, 0.5) is 0 Å². The normalized spacial score (nSPS) is 21.5. The molecule has 2 aliphatic heterocycles. The molecular formula is C15H21N3O4. The quantitative estimate of drug-likeness (QED) is 0.861. The summed E-state index contributed by atoms with van der Waals surface area (Å²) in [7, 11) is 0. The van der Waals surface area contributed by atoms with Crippen LogP contribution in [0.15, 0.2) is 11.1 Å². The predicted octanol–water partition coefficient (Wildman–Crippen LogP) is 0.240. The van der Waals surface area contributed by atoms with Gasteiger partial charge in [0.25, 0.3) is 5.56 Å². The molecule has 0 aliphatic carbocycles. The molecule has 0 bridgehead atoms. The van der Waals surface area contributed by atoms with Crippen molar-refractivity contribution in [2.24, 2.45) is 0 Å². The molecule has 1 atom stereocenters. The van der Waals surface area contributed by atoms with Gasteiger partial charge in [-0.15, -0.1) is 0 Å². The van der Waals surface area contributed by atoms with Gasteiger partial charge < -0.3 is 19.4 Å². The number of H-pyrrole nitrogens is 1. The number of nitrogens with zero attached hydrogens (tertiary/aromatic N) is 2. The summed E-state index contributed by atoms with van der Waals surface area (Å²) >= 11 is 0. The Morgan fingerprint density at radius 1 is 1.50 bits per heavy atom. The van der Waals surface area contributed by atoms with Crippen LogP contribution in [0, 0.1) is 0 Å². The highest BCUT2D eigenvalue weighted by Gasteiger charge is 2.23. The van der Waals surface area contributed by atoms with Gasteiger partial charge >= 0.3 is 0 Å². The first kappa shape index (κ1) is 15.2. The van der Waals surface area contributed by atoms with Crippen LogP contribution in [-0.4, -0.2) is 53.2 Å². The summed E-state index contributed by atoms with van der Waals surface area (Å²) in [6, 6.07) is 0. The maximum absolute atomic E-state index is 12.2. The summed E-state index contributed by atoms with van der Waals surface area (Å²) in [5.41, 5.74) is 1.25. The molecule has 120 valence electrons. The van der Waals surface area contributed by atoms with Crippen molar-refractivity contribution in [1.29, 1.82) is 0 Å². The number of carbonyl (C=O) groups excluding carboxylic acids is 1. The Hall–Kier alpha value is -1.73. The van der Waals surface area contributed by atoms with Crippen molar-refractivity contribution in [3.63, 3.8) is 0 Å². The second-order valence-corrected chi connectivity index (χ2v) is 5.73. The average Bonchev–Trinajstić information content (AvgIpc) is 2.55. The maximum Gasteiger partial charge on any atom is 0.254 e. The fourth-order valence-corrected chi connectivity index (χ4v) is 2.89. The molecule has 22 heavy (non-hydrogen) atoms. The van der Waals surface area contributed by atoms with E-state index >= 15 is 0 Å². The maximum atomic E-state index is 12.2. The number of aromatic nitrogens is 2. The van der Waals surface area contributed by atoms with Gasteiger partial charge in [-0.2, -0.15) is 0 Å². The SMILES string of the molecule is O=C(COCC1CCCCO1)N1CCc2c(nc[nH]c2=O)C1. The van der Waals surface area contributed by atoms with Crippen LogP contribution < -0.4 is 5.56 Å². The van der Waals surface area contributed by atoms with Gasteiger partial charge in [0.05, 0.1) is 31.3 Å². The zero-order chi connectivity index (χ0) is 15.4. The van der Waals surface area contributed by atoms with E-state index in [1.807, 2.05) is 0 Å². The summed E-state index contributed by atoms with van der Waals surface area (Å²) in [5, 5.41) is 0. The van der Waals surface area contributed by atoms with Crippen molar-refractivity contribution in [2.45, 2.75) is 38.3 Å². The van der Waals surface area contributed by atoms with Crippen LogP contribution in [0.2, 0.25) is 0 Å². The number of fused-ring (bicyclic) bond motifs is 1. The lowest BCUT2D eigenvalue weighted by atomic mass is 10.1. The molecule has 1 fully saturated rings.